The van der Waals surface area contributed by atoms with Crippen LogP contribution in [-0.4, -0.2) is 14.2 Å². The SMILES string of the molecule is CCC#CC(C)c1c(O)n(C)c(=O)n(C)c1=O. The number of aromatic nitrogens is 2. The van der Waals surface area contributed by atoms with Gasteiger partial charge in [-0.15, -0.1) is 5.92 Å². The van der Waals surface area contributed by atoms with Gasteiger partial charge in [-0.25, -0.2) is 4.79 Å². The van der Waals surface area contributed by atoms with Gasteiger partial charge in [0.1, 0.15) is 0 Å². The highest BCUT2D eigenvalue weighted by Gasteiger charge is 2.18. The van der Waals surface area contributed by atoms with Crippen LogP contribution in [0.3, 0.4) is 0 Å². The third-order valence-corrected chi connectivity index (χ3v) is 2.60. The van der Waals surface area contributed by atoms with Crippen LogP contribution in [0.1, 0.15) is 31.7 Å². The molecule has 1 rings (SSSR count). The Hall–Kier alpha value is -1.96. The van der Waals surface area contributed by atoms with Crippen LogP contribution in [0, 0.1) is 11.8 Å². The van der Waals surface area contributed by atoms with Gasteiger partial charge in [0.25, 0.3) is 5.56 Å². The van der Waals surface area contributed by atoms with Crippen molar-refractivity contribution >= 4 is 0 Å². The van der Waals surface area contributed by atoms with Gasteiger partial charge in [-0.2, -0.15) is 0 Å². The molecule has 92 valence electrons. The Morgan fingerprint density at radius 3 is 2.41 bits per heavy atom. The predicted molar refractivity (Wildman–Crippen MR) is 65.1 cm³/mol. The minimum atomic E-state index is -0.549. The van der Waals surface area contributed by atoms with Crippen molar-refractivity contribution < 1.29 is 5.11 Å². The molecule has 0 spiro atoms. The second-order valence-corrected chi connectivity index (χ2v) is 3.84. The first-order valence-corrected chi connectivity index (χ1v) is 5.39. The lowest BCUT2D eigenvalue weighted by molar-refractivity contribution is 0.402. The molecule has 0 fully saturated rings. The molecule has 0 radical (unpaired) electrons. The van der Waals surface area contributed by atoms with E-state index in [-0.39, 0.29) is 11.4 Å². The second-order valence-electron chi connectivity index (χ2n) is 3.84. The van der Waals surface area contributed by atoms with Crippen LogP contribution in [0.5, 0.6) is 5.88 Å². The fraction of sp³-hybridized carbons (Fsp3) is 0.500. The highest BCUT2D eigenvalue weighted by atomic mass is 16.3. The summed E-state index contributed by atoms with van der Waals surface area (Å²) in [6, 6.07) is 0. The molecule has 5 nitrogen and oxygen atoms in total. The third kappa shape index (κ3) is 2.26. The van der Waals surface area contributed by atoms with Crippen molar-refractivity contribution in [2.75, 3.05) is 0 Å². The smallest absolute Gasteiger partial charge is 0.333 e. The number of hydrogen-bond acceptors (Lipinski definition) is 3. The van der Waals surface area contributed by atoms with Crippen LogP contribution in [0.2, 0.25) is 0 Å². The zero-order chi connectivity index (χ0) is 13.2. The van der Waals surface area contributed by atoms with E-state index in [1.165, 1.54) is 14.1 Å². The van der Waals surface area contributed by atoms with Gasteiger partial charge in [-0.3, -0.25) is 13.9 Å². The van der Waals surface area contributed by atoms with Crippen molar-refractivity contribution in [2.45, 2.75) is 26.2 Å². The lowest BCUT2D eigenvalue weighted by atomic mass is 10.0. The third-order valence-electron chi connectivity index (χ3n) is 2.60. The molecule has 1 atom stereocenters. The molecule has 1 unspecified atom stereocenters. The Kier molecular flexibility index (Phi) is 3.79. The summed E-state index contributed by atoms with van der Waals surface area (Å²) >= 11 is 0. The molecule has 0 amide bonds. The van der Waals surface area contributed by atoms with E-state index in [0.29, 0.717) is 6.42 Å². The van der Waals surface area contributed by atoms with Gasteiger partial charge in [-0.1, -0.05) is 12.8 Å². The summed E-state index contributed by atoms with van der Waals surface area (Å²) in [7, 11) is 2.80. The fourth-order valence-corrected chi connectivity index (χ4v) is 1.57. The summed E-state index contributed by atoms with van der Waals surface area (Å²) in [4.78, 5) is 23.4. The molecule has 0 aromatic carbocycles. The standard InChI is InChI=1S/C12H16N2O3/c1-5-6-7-8(2)9-10(15)13(3)12(17)14(4)11(9)16/h8,15H,5H2,1-4H3. The first-order chi connectivity index (χ1) is 7.91. The zero-order valence-corrected chi connectivity index (χ0v) is 10.4. The molecular weight excluding hydrogens is 220 g/mol. The molecule has 5 heteroatoms. The summed E-state index contributed by atoms with van der Waals surface area (Å²) in [5, 5.41) is 9.84. The van der Waals surface area contributed by atoms with Crippen LogP contribution in [0.4, 0.5) is 0 Å². The van der Waals surface area contributed by atoms with E-state index in [9.17, 15) is 14.7 Å². The van der Waals surface area contributed by atoms with E-state index >= 15 is 0 Å². The van der Waals surface area contributed by atoms with E-state index in [2.05, 4.69) is 11.8 Å². The molecule has 0 aliphatic carbocycles. The Balaban J connectivity index is 3.55. The maximum Gasteiger partial charge on any atom is 0.333 e. The van der Waals surface area contributed by atoms with E-state index in [1.54, 1.807) is 6.92 Å². The topological polar surface area (TPSA) is 64.2 Å². The van der Waals surface area contributed by atoms with Gasteiger partial charge < -0.3 is 5.11 Å². The van der Waals surface area contributed by atoms with Crippen molar-refractivity contribution in [2.24, 2.45) is 14.1 Å². The quantitative estimate of drug-likeness (QED) is 0.714. The lowest BCUT2D eigenvalue weighted by Crippen LogP contribution is -2.39. The molecule has 0 aliphatic rings. The van der Waals surface area contributed by atoms with Gasteiger partial charge in [0.2, 0.25) is 5.88 Å². The summed E-state index contributed by atoms with van der Waals surface area (Å²) in [5.41, 5.74) is -0.883. The highest BCUT2D eigenvalue weighted by Crippen LogP contribution is 2.18. The van der Waals surface area contributed by atoms with Crippen LogP contribution in [0.15, 0.2) is 9.59 Å². The number of hydrogen-bond donors (Lipinski definition) is 1. The van der Waals surface area contributed by atoms with E-state index in [0.717, 1.165) is 9.13 Å². The molecule has 1 aromatic heterocycles. The molecule has 0 saturated heterocycles. The van der Waals surface area contributed by atoms with Crippen LogP contribution < -0.4 is 11.2 Å². The van der Waals surface area contributed by atoms with Crippen LogP contribution in [-0.2, 0) is 14.1 Å². The minimum Gasteiger partial charge on any atom is -0.494 e. The van der Waals surface area contributed by atoms with E-state index in [4.69, 9.17) is 0 Å². The predicted octanol–water partition coefficient (Wildman–Crippen LogP) is 0.307. The van der Waals surface area contributed by atoms with Crippen molar-refractivity contribution in [1.29, 1.82) is 0 Å². The average molecular weight is 236 g/mol. The Bertz CT molecular complexity index is 599. The lowest BCUT2D eigenvalue weighted by Gasteiger charge is -2.11. The van der Waals surface area contributed by atoms with Gasteiger partial charge in [0.05, 0.1) is 11.5 Å². The number of aromatic hydroxyl groups is 1. The van der Waals surface area contributed by atoms with Gasteiger partial charge >= 0.3 is 5.69 Å². The minimum absolute atomic E-state index is 0.163. The van der Waals surface area contributed by atoms with Crippen molar-refractivity contribution in [3.8, 4) is 17.7 Å². The molecule has 0 aliphatic heterocycles. The summed E-state index contributed by atoms with van der Waals surface area (Å²) in [6.07, 6.45) is 0.678. The maximum absolute atomic E-state index is 11.9. The number of rotatable bonds is 1. The van der Waals surface area contributed by atoms with Gasteiger partial charge in [-0.05, 0) is 6.92 Å². The molecule has 1 heterocycles. The van der Waals surface area contributed by atoms with Crippen molar-refractivity contribution in [3.63, 3.8) is 0 Å². The first kappa shape index (κ1) is 13.1. The largest absolute Gasteiger partial charge is 0.494 e. The summed E-state index contributed by atoms with van der Waals surface area (Å²) < 4.78 is 2.01. The first-order valence-electron chi connectivity index (χ1n) is 5.39. The highest BCUT2D eigenvalue weighted by molar-refractivity contribution is 5.32. The second kappa shape index (κ2) is 4.91. The average Bonchev–Trinajstić information content (AvgIpc) is 2.31. The van der Waals surface area contributed by atoms with Gasteiger partial charge in [0.15, 0.2) is 0 Å². The van der Waals surface area contributed by atoms with E-state index in [1.807, 2.05) is 6.92 Å². The normalized spacial score (nSPS) is 11.8. The Labute approximate surface area is 99.3 Å². The molecule has 1 N–H and O–H groups in total. The zero-order valence-electron chi connectivity index (χ0n) is 10.4. The molecule has 1 aromatic rings. The molecular formula is C12H16N2O3. The van der Waals surface area contributed by atoms with Crippen LogP contribution in [0.25, 0.3) is 0 Å². The van der Waals surface area contributed by atoms with Crippen LogP contribution >= 0.6 is 0 Å². The fourth-order valence-electron chi connectivity index (χ4n) is 1.57. The Morgan fingerprint density at radius 2 is 1.88 bits per heavy atom. The van der Waals surface area contributed by atoms with Crippen molar-refractivity contribution in [1.82, 2.24) is 9.13 Å². The molecule has 17 heavy (non-hydrogen) atoms. The maximum atomic E-state index is 11.9. The Morgan fingerprint density at radius 1 is 1.29 bits per heavy atom. The van der Waals surface area contributed by atoms with Gasteiger partial charge in [0, 0.05) is 20.5 Å². The van der Waals surface area contributed by atoms with E-state index < -0.39 is 17.2 Å². The molecule has 0 bridgehead atoms. The molecule has 0 saturated carbocycles. The summed E-state index contributed by atoms with van der Waals surface area (Å²) in [5.74, 6) is 5.01. The summed E-state index contributed by atoms with van der Waals surface area (Å²) in [6.45, 7) is 3.63. The number of nitrogens with zero attached hydrogens (tertiary/aromatic N) is 2. The van der Waals surface area contributed by atoms with Crippen molar-refractivity contribution in [3.05, 3.63) is 26.4 Å². The monoisotopic (exact) mass is 236 g/mol.